The number of carbonyl (C=O) groups is 2. The lowest BCUT2D eigenvalue weighted by Gasteiger charge is -2.20. The highest BCUT2D eigenvalue weighted by Gasteiger charge is 2.36. The van der Waals surface area contributed by atoms with Crippen LogP contribution in [0.5, 0.6) is 5.75 Å². The lowest BCUT2D eigenvalue weighted by molar-refractivity contribution is -0.126. The Kier molecular flexibility index (Phi) is 5.03. The highest BCUT2D eigenvalue weighted by atomic mass is 16.5. The summed E-state index contributed by atoms with van der Waals surface area (Å²) in [6, 6.07) is 5.57. The topological polar surface area (TPSA) is 84.7 Å². The van der Waals surface area contributed by atoms with Crippen LogP contribution in [0.1, 0.15) is 18.9 Å². The minimum Gasteiger partial charge on any atom is -0.495 e. The third-order valence-electron chi connectivity index (χ3n) is 3.86. The molecule has 1 heterocycles. The fourth-order valence-electron chi connectivity index (χ4n) is 2.55. The highest BCUT2D eigenvalue weighted by molar-refractivity contribution is 6.01. The van der Waals surface area contributed by atoms with E-state index in [1.807, 2.05) is 32.0 Å². The number of hydrogen-bond acceptors (Lipinski definition) is 4. The van der Waals surface area contributed by atoms with Crippen molar-refractivity contribution in [1.29, 1.82) is 0 Å². The summed E-state index contributed by atoms with van der Waals surface area (Å²) in [6.07, 6.45) is 0.209. The summed E-state index contributed by atoms with van der Waals surface area (Å²) < 4.78 is 5.33. The largest absolute Gasteiger partial charge is 0.495 e. The molecule has 6 heteroatoms. The van der Waals surface area contributed by atoms with E-state index in [1.165, 1.54) is 0 Å². The first kappa shape index (κ1) is 16.3. The first-order valence-electron chi connectivity index (χ1n) is 7.41. The fourth-order valence-corrected chi connectivity index (χ4v) is 2.55. The number of nitrogens with one attached hydrogen (secondary N) is 1. The molecule has 6 nitrogen and oxygen atoms in total. The number of aryl methyl sites for hydroxylation is 1. The average Bonchev–Trinajstić information content (AvgIpc) is 2.89. The van der Waals surface area contributed by atoms with Crippen LogP contribution >= 0.6 is 0 Å². The van der Waals surface area contributed by atoms with Crippen LogP contribution in [-0.4, -0.2) is 38.1 Å². The van der Waals surface area contributed by atoms with E-state index in [0.29, 0.717) is 18.8 Å². The Labute approximate surface area is 130 Å². The van der Waals surface area contributed by atoms with E-state index < -0.39 is 0 Å². The van der Waals surface area contributed by atoms with Crippen LogP contribution in [0.4, 0.5) is 5.69 Å². The van der Waals surface area contributed by atoms with E-state index in [-0.39, 0.29) is 30.2 Å². The van der Waals surface area contributed by atoms with Crippen molar-refractivity contribution in [3.05, 3.63) is 23.8 Å². The van der Waals surface area contributed by atoms with Gasteiger partial charge in [0.25, 0.3) is 0 Å². The summed E-state index contributed by atoms with van der Waals surface area (Å²) in [5.41, 5.74) is 7.26. The zero-order valence-electron chi connectivity index (χ0n) is 13.3. The van der Waals surface area contributed by atoms with Crippen molar-refractivity contribution in [3.8, 4) is 5.75 Å². The summed E-state index contributed by atoms with van der Waals surface area (Å²) in [6.45, 7) is 4.54. The van der Waals surface area contributed by atoms with Crippen LogP contribution in [0.15, 0.2) is 18.2 Å². The highest BCUT2D eigenvalue weighted by Crippen LogP contribution is 2.33. The predicted molar refractivity (Wildman–Crippen MR) is 84.9 cm³/mol. The summed E-state index contributed by atoms with van der Waals surface area (Å²) >= 11 is 0. The third-order valence-corrected chi connectivity index (χ3v) is 3.86. The zero-order chi connectivity index (χ0) is 16.3. The number of carbonyl (C=O) groups excluding carboxylic acids is 2. The monoisotopic (exact) mass is 305 g/mol. The summed E-state index contributed by atoms with van der Waals surface area (Å²) in [5, 5.41) is 2.83. The molecule has 1 aromatic rings. The van der Waals surface area contributed by atoms with Crippen molar-refractivity contribution in [2.45, 2.75) is 26.3 Å². The van der Waals surface area contributed by atoms with Gasteiger partial charge in [-0.25, -0.2) is 0 Å². The molecule has 2 atom stereocenters. The van der Waals surface area contributed by atoms with Gasteiger partial charge in [-0.05, 0) is 31.5 Å². The van der Waals surface area contributed by atoms with Crippen molar-refractivity contribution in [2.24, 2.45) is 11.7 Å². The second-order valence-corrected chi connectivity index (χ2v) is 5.73. The minimum absolute atomic E-state index is 0.0653. The van der Waals surface area contributed by atoms with Gasteiger partial charge in [0.05, 0.1) is 18.7 Å². The van der Waals surface area contributed by atoms with Crippen molar-refractivity contribution in [3.63, 3.8) is 0 Å². The number of ether oxygens (including phenoxy) is 1. The van der Waals surface area contributed by atoms with Crippen LogP contribution in [0.2, 0.25) is 0 Å². The molecule has 1 saturated heterocycles. The van der Waals surface area contributed by atoms with Gasteiger partial charge in [-0.3, -0.25) is 9.59 Å². The van der Waals surface area contributed by atoms with E-state index in [0.717, 1.165) is 11.3 Å². The maximum absolute atomic E-state index is 12.3. The molecule has 0 bridgehead atoms. The van der Waals surface area contributed by atoms with Crippen molar-refractivity contribution in [2.75, 3.05) is 25.1 Å². The Hall–Kier alpha value is -2.08. The van der Waals surface area contributed by atoms with Gasteiger partial charge in [0.15, 0.2) is 0 Å². The first-order chi connectivity index (χ1) is 10.5. The van der Waals surface area contributed by atoms with Gasteiger partial charge < -0.3 is 20.7 Å². The number of nitrogens with two attached hydrogens (primary N) is 1. The Morgan fingerprint density at radius 3 is 2.91 bits per heavy atom. The van der Waals surface area contributed by atoms with Gasteiger partial charge in [-0.1, -0.05) is 6.07 Å². The zero-order valence-corrected chi connectivity index (χ0v) is 13.3. The van der Waals surface area contributed by atoms with Gasteiger partial charge in [0.2, 0.25) is 11.8 Å². The van der Waals surface area contributed by atoms with Crippen LogP contribution in [0.25, 0.3) is 0 Å². The standard InChI is InChI=1S/C16H23N3O3/c1-10-4-5-14(22-3)13(6-10)19-9-12(7-15(19)20)16(21)18-11(2)8-17/h4-6,11-12H,7-9,17H2,1-3H3,(H,18,21)/t11-,12?/m0/s1. The molecular formula is C16H23N3O3. The summed E-state index contributed by atoms with van der Waals surface area (Å²) in [7, 11) is 1.57. The number of amides is 2. The lowest BCUT2D eigenvalue weighted by atomic mass is 10.1. The number of benzene rings is 1. The quantitative estimate of drug-likeness (QED) is 0.843. The Morgan fingerprint density at radius 2 is 2.27 bits per heavy atom. The molecule has 2 amide bonds. The molecule has 0 spiro atoms. The average molecular weight is 305 g/mol. The Morgan fingerprint density at radius 1 is 1.55 bits per heavy atom. The summed E-state index contributed by atoms with van der Waals surface area (Å²) in [4.78, 5) is 26.1. The molecule has 1 fully saturated rings. The van der Waals surface area contributed by atoms with E-state index in [2.05, 4.69) is 5.32 Å². The van der Waals surface area contributed by atoms with Gasteiger partial charge in [-0.15, -0.1) is 0 Å². The lowest BCUT2D eigenvalue weighted by Crippen LogP contribution is -2.41. The van der Waals surface area contributed by atoms with Crippen molar-refractivity contribution >= 4 is 17.5 Å². The SMILES string of the molecule is COc1ccc(C)cc1N1CC(C(=O)N[C@@H](C)CN)CC1=O. The number of rotatable bonds is 5. The fraction of sp³-hybridized carbons (Fsp3) is 0.500. The summed E-state index contributed by atoms with van der Waals surface area (Å²) in [5.74, 6) is 0.0897. The van der Waals surface area contributed by atoms with Crippen LogP contribution in [0, 0.1) is 12.8 Å². The molecule has 120 valence electrons. The Bertz CT molecular complexity index is 574. The smallest absolute Gasteiger partial charge is 0.227 e. The second-order valence-electron chi connectivity index (χ2n) is 5.73. The number of hydrogen-bond donors (Lipinski definition) is 2. The van der Waals surface area contributed by atoms with Crippen molar-refractivity contribution in [1.82, 2.24) is 5.32 Å². The molecule has 0 radical (unpaired) electrons. The molecule has 0 aliphatic carbocycles. The second kappa shape index (κ2) is 6.79. The molecule has 1 unspecified atom stereocenters. The van der Waals surface area contributed by atoms with E-state index in [9.17, 15) is 9.59 Å². The maximum Gasteiger partial charge on any atom is 0.227 e. The molecule has 2 rings (SSSR count). The van der Waals surface area contributed by atoms with Gasteiger partial charge in [-0.2, -0.15) is 0 Å². The molecule has 1 aliphatic rings. The van der Waals surface area contributed by atoms with Gasteiger partial charge in [0.1, 0.15) is 5.75 Å². The molecule has 0 aromatic heterocycles. The van der Waals surface area contributed by atoms with Gasteiger partial charge in [0, 0.05) is 25.6 Å². The van der Waals surface area contributed by atoms with Crippen LogP contribution in [-0.2, 0) is 9.59 Å². The predicted octanol–water partition coefficient (Wildman–Crippen LogP) is 0.820. The molecule has 3 N–H and O–H groups in total. The number of nitrogens with zero attached hydrogens (tertiary/aromatic N) is 1. The molecule has 1 aliphatic heterocycles. The van der Waals surface area contributed by atoms with E-state index in [1.54, 1.807) is 12.0 Å². The Balaban J connectivity index is 2.16. The third kappa shape index (κ3) is 3.39. The molecule has 22 heavy (non-hydrogen) atoms. The van der Waals surface area contributed by atoms with E-state index in [4.69, 9.17) is 10.5 Å². The molecular weight excluding hydrogens is 282 g/mol. The maximum atomic E-state index is 12.3. The number of methoxy groups -OCH3 is 1. The minimum atomic E-state index is -0.355. The first-order valence-corrected chi connectivity index (χ1v) is 7.41. The van der Waals surface area contributed by atoms with Crippen LogP contribution < -0.4 is 20.7 Å². The normalized spacial score (nSPS) is 19.2. The molecule has 0 saturated carbocycles. The van der Waals surface area contributed by atoms with Gasteiger partial charge >= 0.3 is 0 Å². The molecule has 1 aromatic carbocycles. The van der Waals surface area contributed by atoms with E-state index >= 15 is 0 Å². The van der Waals surface area contributed by atoms with Crippen LogP contribution in [0.3, 0.4) is 0 Å². The number of anilines is 1. The van der Waals surface area contributed by atoms with Crippen molar-refractivity contribution < 1.29 is 14.3 Å².